The summed E-state index contributed by atoms with van der Waals surface area (Å²) in [6.45, 7) is 10.3. The summed E-state index contributed by atoms with van der Waals surface area (Å²) < 4.78 is 20.6. The highest BCUT2D eigenvalue weighted by Gasteiger charge is 2.25. The molecule has 2 atom stereocenters. The number of benzene rings is 3. The molecule has 3 aromatic carbocycles. The maximum atomic E-state index is 14.7. The fourth-order valence-electron chi connectivity index (χ4n) is 5.20. The quantitative estimate of drug-likeness (QED) is 0.134. The minimum Gasteiger partial charge on any atom is -0.489 e. The lowest BCUT2D eigenvalue weighted by Crippen LogP contribution is -2.49. The van der Waals surface area contributed by atoms with E-state index in [1.807, 2.05) is 44.2 Å². The number of hydrogen-bond acceptors (Lipinski definition) is 6. The molecule has 0 radical (unpaired) electrons. The van der Waals surface area contributed by atoms with Gasteiger partial charge in [-0.2, -0.15) is 0 Å². The second-order valence-electron chi connectivity index (χ2n) is 12.3. The molecular formula is C37H49FN4O5. The van der Waals surface area contributed by atoms with Crippen molar-refractivity contribution in [3.8, 4) is 5.75 Å². The molecule has 3 rings (SSSR count). The molecule has 0 aliphatic heterocycles. The number of primary amides is 1. The second-order valence-corrected chi connectivity index (χ2v) is 12.3. The van der Waals surface area contributed by atoms with E-state index in [-0.39, 0.29) is 42.2 Å². The van der Waals surface area contributed by atoms with Crippen LogP contribution in [0.25, 0.3) is 0 Å². The lowest BCUT2D eigenvalue weighted by atomic mass is 9.98. The van der Waals surface area contributed by atoms with E-state index in [1.54, 1.807) is 11.0 Å². The number of hydrogen-bond donors (Lipinski definition) is 4. The zero-order valence-electron chi connectivity index (χ0n) is 27.9. The molecule has 0 unspecified atom stereocenters. The van der Waals surface area contributed by atoms with Crippen LogP contribution in [0.4, 0.5) is 4.39 Å². The van der Waals surface area contributed by atoms with Crippen LogP contribution >= 0.6 is 0 Å². The molecule has 0 heterocycles. The number of amides is 3. The van der Waals surface area contributed by atoms with Crippen LogP contribution in [0.3, 0.4) is 0 Å². The average molecular weight is 649 g/mol. The highest BCUT2D eigenvalue weighted by Crippen LogP contribution is 2.21. The Morgan fingerprint density at radius 3 is 2.21 bits per heavy atom. The molecule has 0 aliphatic carbocycles. The summed E-state index contributed by atoms with van der Waals surface area (Å²) in [5, 5.41) is 17.4. The number of nitrogens with two attached hydrogens (primary N) is 1. The fourth-order valence-corrected chi connectivity index (χ4v) is 5.20. The highest BCUT2D eigenvalue weighted by atomic mass is 19.1. The molecule has 0 saturated heterocycles. The van der Waals surface area contributed by atoms with Crippen molar-refractivity contribution < 1.29 is 28.6 Å². The predicted molar refractivity (Wildman–Crippen MR) is 182 cm³/mol. The molecule has 0 fully saturated rings. The summed E-state index contributed by atoms with van der Waals surface area (Å²) in [4.78, 5) is 41.0. The molecule has 10 heteroatoms. The zero-order chi connectivity index (χ0) is 34.3. The van der Waals surface area contributed by atoms with Crippen molar-refractivity contribution in [1.82, 2.24) is 15.5 Å². The first-order chi connectivity index (χ1) is 22.5. The molecule has 3 amide bonds. The van der Waals surface area contributed by atoms with E-state index in [0.717, 1.165) is 24.8 Å². The van der Waals surface area contributed by atoms with Crippen molar-refractivity contribution in [2.45, 2.75) is 72.1 Å². The third kappa shape index (κ3) is 12.1. The van der Waals surface area contributed by atoms with E-state index in [4.69, 9.17) is 10.5 Å². The Morgan fingerprint density at radius 2 is 1.57 bits per heavy atom. The summed E-state index contributed by atoms with van der Waals surface area (Å²) >= 11 is 0. The molecule has 5 N–H and O–H groups in total. The Labute approximate surface area is 277 Å². The summed E-state index contributed by atoms with van der Waals surface area (Å²) in [6.07, 6.45) is 1.43. The van der Waals surface area contributed by atoms with Crippen LogP contribution in [-0.2, 0) is 13.0 Å². The molecule has 9 nitrogen and oxygen atoms in total. The van der Waals surface area contributed by atoms with Crippen molar-refractivity contribution >= 4 is 17.7 Å². The number of ether oxygens (including phenoxy) is 1. The first-order valence-electron chi connectivity index (χ1n) is 16.4. The number of nitrogens with zero attached hydrogens (tertiary/aromatic N) is 1. The summed E-state index contributed by atoms with van der Waals surface area (Å²) in [7, 11) is 0. The van der Waals surface area contributed by atoms with Gasteiger partial charge in [-0.15, -0.1) is 0 Å². The summed E-state index contributed by atoms with van der Waals surface area (Å²) in [6, 6.07) is 17.1. The number of carbonyl (C=O) groups excluding carboxylic acids is 3. The van der Waals surface area contributed by atoms with Gasteiger partial charge in [0.05, 0.1) is 12.1 Å². The Hall–Kier alpha value is -4.28. The molecular weight excluding hydrogens is 599 g/mol. The number of halogens is 1. The normalized spacial score (nSPS) is 12.4. The maximum absolute atomic E-state index is 14.7. The van der Waals surface area contributed by atoms with E-state index in [9.17, 15) is 23.9 Å². The van der Waals surface area contributed by atoms with Gasteiger partial charge in [0.2, 0.25) is 5.91 Å². The van der Waals surface area contributed by atoms with Gasteiger partial charge in [0.25, 0.3) is 11.8 Å². The van der Waals surface area contributed by atoms with Gasteiger partial charge in [-0.25, -0.2) is 4.39 Å². The molecule has 0 spiro atoms. The number of rotatable bonds is 19. The van der Waals surface area contributed by atoms with Crippen LogP contribution in [-0.4, -0.2) is 66.1 Å². The zero-order valence-corrected chi connectivity index (χ0v) is 27.9. The van der Waals surface area contributed by atoms with Crippen LogP contribution in [0.5, 0.6) is 5.75 Å². The van der Waals surface area contributed by atoms with Crippen molar-refractivity contribution in [2.24, 2.45) is 11.7 Å². The number of aliphatic hydroxyl groups is 1. The molecule has 47 heavy (non-hydrogen) atoms. The largest absolute Gasteiger partial charge is 0.489 e. The van der Waals surface area contributed by atoms with E-state index in [1.165, 1.54) is 30.3 Å². The minimum atomic E-state index is -1.05. The monoisotopic (exact) mass is 648 g/mol. The van der Waals surface area contributed by atoms with Gasteiger partial charge in [-0.3, -0.25) is 14.4 Å². The van der Waals surface area contributed by atoms with Crippen molar-refractivity contribution in [2.75, 3.05) is 26.2 Å². The van der Waals surface area contributed by atoms with Crippen LogP contribution in [0, 0.1) is 11.7 Å². The maximum Gasteiger partial charge on any atom is 0.253 e. The van der Waals surface area contributed by atoms with Crippen LogP contribution in [0.1, 0.15) is 89.2 Å². The van der Waals surface area contributed by atoms with Gasteiger partial charge >= 0.3 is 0 Å². The van der Waals surface area contributed by atoms with E-state index >= 15 is 0 Å². The third-order valence-corrected chi connectivity index (χ3v) is 7.67. The molecule has 0 saturated carbocycles. The third-order valence-electron chi connectivity index (χ3n) is 7.67. The average Bonchev–Trinajstić information content (AvgIpc) is 3.04. The van der Waals surface area contributed by atoms with E-state index < -0.39 is 29.8 Å². The Balaban J connectivity index is 1.88. The van der Waals surface area contributed by atoms with Crippen molar-refractivity contribution in [3.63, 3.8) is 0 Å². The summed E-state index contributed by atoms with van der Waals surface area (Å²) in [5.41, 5.74) is 7.26. The number of nitrogens with one attached hydrogen (secondary N) is 2. The van der Waals surface area contributed by atoms with Gasteiger partial charge < -0.3 is 31.1 Å². The Kier molecular flexibility index (Phi) is 14.8. The smallest absolute Gasteiger partial charge is 0.253 e. The Bertz CT molecular complexity index is 1460. The van der Waals surface area contributed by atoms with Crippen LogP contribution < -0.4 is 21.1 Å². The molecule has 3 aromatic rings. The Morgan fingerprint density at radius 1 is 0.915 bits per heavy atom. The number of aliphatic hydroxyl groups excluding tert-OH is 1. The van der Waals surface area contributed by atoms with Gasteiger partial charge in [0.15, 0.2) is 0 Å². The highest BCUT2D eigenvalue weighted by molar-refractivity contribution is 6.04. The van der Waals surface area contributed by atoms with Crippen molar-refractivity contribution in [1.29, 1.82) is 0 Å². The van der Waals surface area contributed by atoms with Crippen LogP contribution in [0.15, 0.2) is 66.7 Å². The predicted octanol–water partition coefficient (Wildman–Crippen LogP) is 5.10. The van der Waals surface area contributed by atoms with E-state index in [0.29, 0.717) is 36.9 Å². The van der Waals surface area contributed by atoms with Crippen LogP contribution in [0.2, 0.25) is 0 Å². The number of carbonyl (C=O) groups is 3. The molecule has 0 aliphatic rings. The molecule has 0 aromatic heterocycles. The summed E-state index contributed by atoms with van der Waals surface area (Å²) in [5.74, 6) is -1.42. The van der Waals surface area contributed by atoms with Gasteiger partial charge in [-0.05, 0) is 79.6 Å². The SMILES string of the molecule is CCCN(CCC)C(=O)c1cc(C(N)=O)cc(C(=O)N[C@@H](Cc2cc(F)cc(OCc3ccccc3)c2)[C@H](O)CNCCC(C)C)c1. The lowest BCUT2D eigenvalue weighted by molar-refractivity contribution is 0.0755. The first kappa shape index (κ1) is 37.2. The van der Waals surface area contributed by atoms with Gasteiger partial charge in [-0.1, -0.05) is 58.0 Å². The molecule has 0 bridgehead atoms. The standard InChI is InChI=1S/C37H49FN4O5/c1-5-14-42(15-6-2)37(46)30-20-28(35(39)44)19-29(21-30)36(45)41-33(34(43)23-40-13-12-25(3)4)18-27-16-31(38)22-32(17-27)47-24-26-10-8-7-9-11-26/h7-11,16-17,19-22,25,33-34,40,43H,5-6,12-15,18,23-24H2,1-4H3,(H2,39,44)(H,41,45)/t33-,34+/m0/s1. The lowest BCUT2D eigenvalue weighted by Gasteiger charge is -2.26. The minimum absolute atomic E-state index is 0.0201. The molecule has 254 valence electrons. The van der Waals surface area contributed by atoms with Gasteiger partial charge in [0, 0.05) is 42.4 Å². The van der Waals surface area contributed by atoms with Crippen molar-refractivity contribution in [3.05, 3.63) is 100 Å². The topological polar surface area (TPSA) is 134 Å². The van der Waals surface area contributed by atoms with Gasteiger partial charge in [0.1, 0.15) is 18.2 Å². The first-order valence-corrected chi connectivity index (χ1v) is 16.4. The second kappa shape index (κ2) is 18.8. The fraction of sp³-hybridized carbons (Fsp3) is 0.432. The van der Waals surface area contributed by atoms with E-state index in [2.05, 4.69) is 24.5 Å².